The molecule has 0 saturated carbocycles. The van der Waals surface area contributed by atoms with E-state index in [1.165, 1.54) is 6.92 Å². The van der Waals surface area contributed by atoms with Crippen LogP contribution in [0.1, 0.15) is 30.9 Å². The number of piperidine rings is 1. The molecule has 1 fully saturated rings. The summed E-state index contributed by atoms with van der Waals surface area (Å²) in [6.45, 7) is 1.63. The van der Waals surface area contributed by atoms with E-state index in [4.69, 9.17) is 0 Å². The molecule has 1 saturated heterocycles. The molecule has 0 aromatic heterocycles. The quantitative estimate of drug-likeness (QED) is 0.867. The van der Waals surface area contributed by atoms with Gasteiger partial charge in [-0.25, -0.2) is 0 Å². The van der Waals surface area contributed by atoms with Crippen molar-refractivity contribution in [2.75, 3.05) is 6.61 Å². The van der Waals surface area contributed by atoms with Crippen molar-refractivity contribution in [1.82, 2.24) is 10.2 Å². The number of likely N-dealkylation sites (tertiary alicyclic amines) is 1. The molecule has 2 atom stereocenters. The summed E-state index contributed by atoms with van der Waals surface area (Å²) in [5.74, 6) is -0.382. The van der Waals surface area contributed by atoms with Gasteiger partial charge in [0.05, 0.1) is 12.1 Å². The lowest BCUT2D eigenvalue weighted by Gasteiger charge is -2.49. The van der Waals surface area contributed by atoms with Crippen LogP contribution in [0.4, 0.5) is 0 Å². The molecule has 0 bridgehead atoms. The molecule has 0 aliphatic carbocycles. The van der Waals surface area contributed by atoms with Crippen LogP contribution in [-0.2, 0) is 21.7 Å². The van der Waals surface area contributed by atoms with Gasteiger partial charge < -0.3 is 15.3 Å². The number of carbonyl (C=O) groups is 2. The monoisotopic (exact) mass is 352 g/mol. The third-order valence-electron chi connectivity index (χ3n) is 5.06. The zero-order chi connectivity index (χ0) is 18.6. The molecule has 136 valence electrons. The number of rotatable bonds is 5. The highest BCUT2D eigenvalue weighted by Crippen LogP contribution is 2.39. The van der Waals surface area contributed by atoms with Crippen molar-refractivity contribution in [1.29, 1.82) is 0 Å². The second-order valence-electron chi connectivity index (χ2n) is 6.76. The minimum atomic E-state index is -0.789. The first kappa shape index (κ1) is 18.1. The van der Waals surface area contributed by atoms with Gasteiger partial charge in [-0.15, -0.1) is 0 Å². The molecule has 2 amide bonds. The van der Waals surface area contributed by atoms with Crippen LogP contribution in [0.5, 0.6) is 0 Å². The van der Waals surface area contributed by atoms with Crippen LogP contribution in [0, 0.1) is 0 Å². The van der Waals surface area contributed by atoms with E-state index in [9.17, 15) is 14.7 Å². The molecule has 1 heterocycles. The highest BCUT2D eigenvalue weighted by atomic mass is 16.3. The van der Waals surface area contributed by atoms with E-state index >= 15 is 0 Å². The van der Waals surface area contributed by atoms with Crippen molar-refractivity contribution in [3.63, 3.8) is 0 Å². The highest BCUT2D eigenvalue weighted by Gasteiger charge is 2.47. The topological polar surface area (TPSA) is 69.6 Å². The third kappa shape index (κ3) is 3.48. The van der Waals surface area contributed by atoms with Crippen molar-refractivity contribution in [2.45, 2.75) is 37.9 Å². The Morgan fingerprint density at radius 3 is 2.35 bits per heavy atom. The van der Waals surface area contributed by atoms with Crippen molar-refractivity contribution in [3.8, 4) is 0 Å². The fourth-order valence-corrected chi connectivity index (χ4v) is 3.72. The van der Waals surface area contributed by atoms with Crippen LogP contribution in [-0.4, -0.2) is 34.5 Å². The van der Waals surface area contributed by atoms with Gasteiger partial charge in [0.25, 0.3) is 0 Å². The molecule has 0 radical (unpaired) electrons. The largest absolute Gasteiger partial charge is 0.394 e. The first-order valence-corrected chi connectivity index (χ1v) is 8.86. The molecule has 3 rings (SSSR count). The van der Waals surface area contributed by atoms with Gasteiger partial charge in [0, 0.05) is 13.5 Å². The maximum atomic E-state index is 13.2. The summed E-state index contributed by atoms with van der Waals surface area (Å²) in [6, 6.07) is 18.8. The second kappa shape index (κ2) is 7.70. The number of carbonyl (C=O) groups excluding carboxylic acids is 2. The molecule has 5 nitrogen and oxygen atoms in total. The Morgan fingerprint density at radius 1 is 1.15 bits per heavy atom. The van der Waals surface area contributed by atoms with E-state index in [0.717, 1.165) is 11.1 Å². The Balaban J connectivity index is 2.01. The minimum absolute atomic E-state index is 0.159. The first-order chi connectivity index (χ1) is 12.6. The molecule has 0 unspecified atom stereocenters. The summed E-state index contributed by atoms with van der Waals surface area (Å²) < 4.78 is 0. The predicted octanol–water partition coefficient (Wildman–Crippen LogP) is 2.20. The van der Waals surface area contributed by atoms with E-state index in [2.05, 4.69) is 5.32 Å². The van der Waals surface area contributed by atoms with Crippen LogP contribution in [0.2, 0.25) is 0 Å². The van der Waals surface area contributed by atoms with Gasteiger partial charge >= 0.3 is 0 Å². The van der Waals surface area contributed by atoms with Crippen molar-refractivity contribution < 1.29 is 14.7 Å². The molecule has 26 heavy (non-hydrogen) atoms. The van der Waals surface area contributed by atoms with Gasteiger partial charge in [0.1, 0.15) is 6.04 Å². The first-order valence-electron chi connectivity index (χ1n) is 8.86. The maximum absolute atomic E-state index is 13.2. The number of aliphatic hydroxyl groups is 1. The van der Waals surface area contributed by atoms with Crippen LogP contribution >= 0.6 is 0 Å². The number of hydrogen-bond acceptors (Lipinski definition) is 3. The standard InChI is InChI=1S/C21H24N2O3/c1-16(25)22-19-12-13-21(15-24,18-10-6-3-7-11-18)23(20(19)26)14-17-8-4-2-5-9-17/h2-11,19,24H,12-15H2,1H3,(H,22,25)/t19-,21-/m0/s1. The highest BCUT2D eigenvalue weighted by molar-refractivity contribution is 5.88. The SMILES string of the molecule is CC(=O)N[C@H]1CC[C@](CO)(c2ccccc2)N(Cc2ccccc2)C1=O. The lowest BCUT2D eigenvalue weighted by atomic mass is 9.79. The van der Waals surface area contributed by atoms with E-state index in [1.54, 1.807) is 4.90 Å². The second-order valence-corrected chi connectivity index (χ2v) is 6.76. The lowest BCUT2D eigenvalue weighted by molar-refractivity contribution is -0.151. The average molecular weight is 352 g/mol. The fraction of sp³-hybridized carbons (Fsp3) is 0.333. The molecule has 0 spiro atoms. The number of hydrogen-bond donors (Lipinski definition) is 2. The summed E-state index contributed by atoms with van der Waals surface area (Å²) in [7, 11) is 0. The third-order valence-corrected chi connectivity index (χ3v) is 5.06. The molecule has 2 aromatic rings. The van der Waals surface area contributed by atoms with Crippen LogP contribution in [0.3, 0.4) is 0 Å². The predicted molar refractivity (Wildman–Crippen MR) is 99.0 cm³/mol. The van der Waals surface area contributed by atoms with E-state index in [-0.39, 0.29) is 18.4 Å². The maximum Gasteiger partial charge on any atom is 0.246 e. The van der Waals surface area contributed by atoms with Crippen molar-refractivity contribution in [3.05, 3.63) is 71.8 Å². The number of nitrogens with one attached hydrogen (secondary N) is 1. The lowest BCUT2D eigenvalue weighted by Crippen LogP contribution is -2.61. The summed E-state index contributed by atoms with van der Waals surface area (Å²) in [5.41, 5.74) is 1.11. The Labute approximate surface area is 153 Å². The van der Waals surface area contributed by atoms with Gasteiger partial charge in [-0.05, 0) is 24.0 Å². The van der Waals surface area contributed by atoms with Gasteiger partial charge in [0.15, 0.2) is 0 Å². The van der Waals surface area contributed by atoms with Gasteiger partial charge in [-0.1, -0.05) is 60.7 Å². The van der Waals surface area contributed by atoms with Gasteiger partial charge in [0.2, 0.25) is 11.8 Å². The molecule has 1 aliphatic rings. The molecule has 2 aromatic carbocycles. The van der Waals surface area contributed by atoms with E-state index < -0.39 is 11.6 Å². The smallest absolute Gasteiger partial charge is 0.246 e. The summed E-state index contributed by atoms with van der Waals surface area (Å²) in [5, 5.41) is 13.1. The van der Waals surface area contributed by atoms with Crippen molar-refractivity contribution >= 4 is 11.8 Å². The van der Waals surface area contributed by atoms with E-state index in [1.807, 2.05) is 60.7 Å². The Morgan fingerprint density at radius 2 is 1.77 bits per heavy atom. The number of benzene rings is 2. The molecule has 5 heteroatoms. The zero-order valence-corrected chi connectivity index (χ0v) is 14.9. The summed E-state index contributed by atoms with van der Waals surface area (Å²) >= 11 is 0. The Bertz CT molecular complexity index is 763. The number of amides is 2. The summed E-state index contributed by atoms with van der Waals surface area (Å²) in [4.78, 5) is 26.4. The normalized spacial score (nSPS) is 22.9. The number of nitrogens with zero attached hydrogens (tertiary/aromatic N) is 1. The molecular formula is C21H24N2O3. The van der Waals surface area contributed by atoms with Gasteiger partial charge in [-0.2, -0.15) is 0 Å². The minimum Gasteiger partial charge on any atom is -0.394 e. The number of aliphatic hydroxyl groups excluding tert-OH is 1. The van der Waals surface area contributed by atoms with Gasteiger partial charge in [-0.3, -0.25) is 9.59 Å². The fourth-order valence-electron chi connectivity index (χ4n) is 3.72. The van der Waals surface area contributed by atoms with E-state index in [0.29, 0.717) is 19.4 Å². The summed E-state index contributed by atoms with van der Waals surface area (Å²) in [6.07, 6.45) is 1.08. The van der Waals surface area contributed by atoms with Crippen molar-refractivity contribution in [2.24, 2.45) is 0 Å². The zero-order valence-electron chi connectivity index (χ0n) is 14.9. The Hall–Kier alpha value is -2.66. The van der Waals surface area contributed by atoms with Crippen LogP contribution < -0.4 is 5.32 Å². The Kier molecular flexibility index (Phi) is 5.38. The average Bonchev–Trinajstić information content (AvgIpc) is 2.67. The molecule has 1 aliphatic heterocycles. The van der Waals surface area contributed by atoms with Crippen LogP contribution in [0.15, 0.2) is 60.7 Å². The molecular weight excluding hydrogens is 328 g/mol. The molecule has 2 N–H and O–H groups in total. The van der Waals surface area contributed by atoms with Crippen LogP contribution in [0.25, 0.3) is 0 Å².